The summed E-state index contributed by atoms with van der Waals surface area (Å²) in [6.07, 6.45) is 0.581. The summed E-state index contributed by atoms with van der Waals surface area (Å²) in [6.45, 7) is 2.21. The Kier molecular flexibility index (Phi) is 2.91. The lowest BCUT2D eigenvalue weighted by Gasteiger charge is -2.08. The van der Waals surface area contributed by atoms with Crippen molar-refractivity contribution < 1.29 is 5.11 Å². The molecule has 2 heterocycles. The zero-order valence-corrected chi connectivity index (χ0v) is 12.8. The van der Waals surface area contributed by atoms with Gasteiger partial charge in [-0.05, 0) is 24.4 Å². The molecule has 4 rings (SSSR count). The van der Waals surface area contributed by atoms with Gasteiger partial charge in [0, 0.05) is 36.2 Å². The Morgan fingerprint density at radius 2 is 1.86 bits per heavy atom. The van der Waals surface area contributed by atoms with E-state index in [2.05, 4.69) is 61.0 Å². The summed E-state index contributed by atoms with van der Waals surface area (Å²) < 4.78 is 2.14. The van der Waals surface area contributed by atoms with E-state index in [1.165, 1.54) is 27.2 Å². The molecule has 0 radical (unpaired) electrons. The predicted octanol–water partition coefficient (Wildman–Crippen LogP) is 3.72. The van der Waals surface area contributed by atoms with Crippen molar-refractivity contribution in [2.24, 2.45) is 7.05 Å². The number of hydrogen-bond acceptors (Lipinski definition) is 2. The third-order valence-corrected chi connectivity index (χ3v) is 4.42. The minimum absolute atomic E-state index is 0.117. The van der Waals surface area contributed by atoms with Crippen LogP contribution in [-0.4, -0.2) is 21.3 Å². The predicted molar refractivity (Wildman–Crippen MR) is 91.3 cm³/mol. The number of para-hydroxylation sites is 1. The Morgan fingerprint density at radius 3 is 2.68 bits per heavy atom. The van der Waals surface area contributed by atoms with Gasteiger partial charge in [-0.25, -0.2) is 4.98 Å². The van der Waals surface area contributed by atoms with Crippen LogP contribution in [0, 0.1) is 6.92 Å². The van der Waals surface area contributed by atoms with E-state index in [1.54, 1.807) is 0 Å². The Morgan fingerprint density at radius 1 is 1.05 bits per heavy atom. The minimum Gasteiger partial charge on any atom is -0.396 e. The average molecular weight is 290 g/mol. The first kappa shape index (κ1) is 13.3. The van der Waals surface area contributed by atoms with E-state index in [1.807, 2.05) is 0 Å². The molecule has 0 aliphatic rings. The first-order valence-corrected chi connectivity index (χ1v) is 7.58. The molecule has 0 bridgehead atoms. The van der Waals surface area contributed by atoms with Crippen LogP contribution < -0.4 is 0 Å². The van der Waals surface area contributed by atoms with Gasteiger partial charge in [0.25, 0.3) is 0 Å². The molecule has 0 aliphatic carbocycles. The molecular formula is C19H18N2O. The molecule has 0 spiro atoms. The van der Waals surface area contributed by atoms with E-state index >= 15 is 0 Å². The lowest BCUT2D eigenvalue weighted by Crippen LogP contribution is -1.99. The number of benzene rings is 2. The molecule has 4 aromatic rings. The van der Waals surface area contributed by atoms with Crippen molar-refractivity contribution in [2.45, 2.75) is 13.3 Å². The molecule has 2 aromatic carbocycles. The highest BCUT2D eigenvalue weighted by molar-refractivity contribution is 6.19. The van der Waals surface area contributed by atoms with Crippen molar-refractivity contribution >= 4 is 32.7 Å². The molecular weight excluding hydrogens is 272 g/mol. The summed E-state index contributed by atoms with van der Waals surface area (Å²) in [4.78, 5) is 4.87. The molecule has 22 heavy (non-hydrogen) atoms. The largest absolute Gasteiger partial charge is 0.396 e. The summed E-state index contributed by atoms with van der Waals surface area (Å²) in [5, 5.41) is 14.2. The number of rotatable bonds is 2. The second-order valence-corrected chi connectivity index (χ2v) is 5.86. The normalized spacial score (nSPS) is 11.8. The number of aryl methyl sites for hydroxylation is 2. The van der Waals surface area contributed by atoms with E-state index < -0.39 is 0 Å². The zero-order chi connectivity index (χ0) is 15.3. The van der Waals surface area contributed by atoms with Crippen LogP contribution in [0.25, 0.3) is 32.7 Å². The Balaban J connectivity index is 2.28. The number of pyridine rings is 1. The Hall–Kier alpha value is -2.39. The summed E-state index contributed by atoms with van der Waals surface area (Å²) >= 11 is 0. The van der Waals surface area contributed by atoms with Crippen molar-refractivity contribution in [2.75, 3.05) is 6.61 Å². The van der Waals surface area contributed by atoms with Gasteiger partial charge in [-0.15, -0.1) is 0 Å². The summed E-state index contributed by atoms with van der Waals surface area (Å²) in [5.74, 6) is 0. The molecule has 0 amide bonds. The summed E-state index contributed by atoms with van der Waals surface area (Å²) in [5.41, 5.74) is 4.36. The van der Waals surface area contributed by atoms with Gasteiger partial charge in [-0.2, -0.15) is 0 Å². The van der Waals surface area contributed by atoms with E-state index in [9.17, 15) is 5.11 Å². The topological polar surface area (TPSA) is 38.1 Å². The molecule has 2 aromatic heterocycles. The third kappa shape index (κ3) is 1.76. The molecule has 0 saturated heterocycles. The van der Waals surface area contributed by atoms with Crippen LogP contribution in [0.3, 0.4) is 0 Å². The number of aliphatic hydroxyl groups is 1. The maximum Gasteiger partial charge on any atom is 0.141 e. The average Bonchev–Trinajstić information content (AvgIpc) is 2.81. The van der Waals surface area contributed by atoms with E-state index in [0.717, 1.165) is 16.7 Å². The smallest absolute Gasteiger partial charge is 0.141 e. The molecule has 3 heteroatoms. The third-order valence-electron chi connectivity index (χ3n) is 4.42. The van der Waals surface area contributed by atoms with Gasteiger partial charge in [-0.1, -0.05) is 35.9 Å². The van der Waals surface area contributed by atoms with Gasteiger partial charge in [0.2, 0.25) is 0 Å². The quantitative estimate of drug-likeness (QED) is 0.611. The van der Waals surface area contributed by atoms with Gasteiger partial charge in [0.1, 0.15) is 5.65 Å². The van der Waals surface area contributed by atoms with Crippen molar-refractivity contribution in [1.82, 2.24) is 9.55 Å². The van der Waals surface area contributed by atoms with Crippen LogP contribution in [0.4, 0.5) is 0 Å². The van der Waals surface area contributed by atoms with E-state index in [4.69, 9.17) is 4.98 Å². The lowest BCUT2D eigenvalue weighted by atomic mass is 10.0. The molecule has 0 fully saturated rings. The van der Waals surface area contributed by atoms with Gasteiger partial charge >= 0.3 is 0 Å². The van der Waals surface area contributed by atoms with E-state index in [0.29, 0.717) is 6.42 Å². The lowest BCUT2D eigenvalue weighted by molar-refractivity contribution is 0.299. The second kappa shape index (κ2) is 4.82. The Labute approximate surface area is 128 Å². The molecule has 0 unspecified atom stereocenters. The number of fused-ring (bicyclic) bond motifs is 5. The number of nitrogens with zero attached hydrogens (tertiary/aromatic N) is 2. The van der Waals surface area contributed by atoms with Gasteiger partial charge < -0.3 is 9.67 Å². The van der Waals surface area contributed by atoms with Crippen molar-refractivity contribution in [1.29, 1.82) is 0 Å². The first-order valence-electron chi connectivity index (χ1n) is 7.58. The maximum absolute atomic E-state index is 9.38. The standard InChI is InChI=1S/C19H18N2O/c1-12-7-8-13-15(11-12)16(9-10-22)20-19-18(13)14-5-3-4-6-17(14)21(19)2/h3-8,11,22H,9-10H2,1-2H3. The Bertz CT molecular complexity index is 1010. The number of aliphatic hydroxyl groups excluding tert-OH is 1. The summed E-state index contributed by atoms with van der Waals surface area (Å²) in [6, 6.07) is 14.9. The van der Waals surface area contributed by atoms with E-state index in [-0.39, 0.29) is 6.61 Å². The first-order chi connectivity index (χ1) is 10.7. The van der Waals surface area contributed by atoms with Crippen LogP contribution in [-0.2, 0) is 13.5 Å². The van der Waals surface area contributed by atoms with Crippen LogP contribution in [0.5, 0.6) is 0 Å². The van der Waals surface area contributed by atoms with Crippen molar-refractivity contribution in [3.8, 4) is 0 Å². The second-order valence-electron chi connectivity index (χ2n) is 5.86. The maximum atomic E-state index is 9.38. The van der Waals surface area contributed by atoms with Gasteiger partial charge in [0.15, 0.2) is 0 Å². The highest BCUT2D eigenvalue weighted by Crippen LogP contribution is 2.34. The molecule has 0 aliphatic heterocycles. The molecule has 3 nitrogen and oxygen atoms in total. The van der Waals surface area contributed by atoms with Gasteiger partial charge in [-0.3, -0.25) is 0 Å². The fraction of sp³-hybridized carbons (Fsp3) is 0.211. The number of aromatic nitrogens is 2. The van der Waals surface area contributed by atoms with Crippen LogP contribution in [0.15, 0.2) is 42.5 Å². The SMILES string of the molecule is Cc1ccc2c(c1)c(CCO)nc1c2c2ccccc2n1C. The molecule has 0 atom stereocenters. The molecule has 110 valence electrons. The fourth-order valence-electron chi connectivity index (χ4n) is 3.38. The zero-order valence-electron chi connectivity index (χ0n) is 12.8. The highest BCUT2D eigenvalue weighted by atomic mass is 16.3. The minimum atomic E-state index is 0.117. The summed E-state index contributed by atoms with van der Waals surface area (Å²) in [7, 11) is 2.06. The molecule has 0 saturated carbocycles. The van der Waals surface area contributed by atoms with Crippen molar-refractivity contribution in [3.05, 3.63) is 53.7 Å². The fourth-order valence-corrected chi connectivity index (χ4v) is 3.38. The van der Waals surface area contributed by atoms with Crippen LogP contribution in [0.1, 0.15) is 11.3 Å². The monoisotopic (exact) mass is 290 g/mol. The number of hydrogen-bond donors (Lipinski definition) is 1. The molecule has 1 N–H and O–H groups in total. The van der Waals surface area contributed by atoms with Crippen LogP contribution >= 0.6 is 0 Å². The van der Waals surface area contributed by atoms with Crippen molar-refractivity contribution in [3.63, 3.8) is 0 Å². The highest BCUT2D eigenvalue weighted by Gasteiger charge is 2.15. The van der Waals surface area contributed by atoms with Gasteiger partial charge in [0.05, 0.1) is 11.2 Å². The van der Waals surface area contributed by atoms with Crippen LogP contribution in [0.2, 0.25) is 0 Å².